The topological polar surface area (TPSA) is 71.0 Å². The minimum Gasteiger partial charge on any atom is -0.507 e. The van der Waals surface area contributed by atoms with E-state index in [-0.39, 0.29) is 5.75 Å². The van der Waals surface area contributed by atoms with E-state index in [0.29, 0.717) is 21.7 Å². The van der Waals surface area contributed by atoms with Crippen molar-refractivity contribution >= 4 is 40.5 Å². The van der Waals surface area contributed by atoms with E-state index in [2.05, 4.69) is 22.9 Å². The molecule has 0 aliphatic rings. The zero-order valence-electron chi connectivity index (χ0n) is 12.0. The first-order chi connectivity index (χ1) is 10.5. The molecular formula is C17H15N3OS. The van der Waals surface area contributed by atoms with E-state index in [4.69, 9.17) is 5.73 Å². The SMILES string of the molecule is Cc1ccc(N=Nc2c(N)ccc3c(O)cc(S)cc23)cc1. The number of nitrogens with zero attached hydrogens (tertiary/aromatic N) is 2. The third-order valence-electron chi connectivity index (χ3n) is 3.40. The first-order valence-electron chi connectivity index (χ1n) is 6.77. The van der Waals surface area contributed by atoms with Gasteiger partial charge in [0.05, 0.1) is 11.4 Å². The standard InChI is InChI=1S/C17H15N3OS/c1-10-2-4-11(5-3-10)19-20-17-14-8-12(22)9-16(21)13(14)6-7-15(17)18/h2-9,21-22H,18H2,1H3. The second-order valence-corrected chi connectivity index (χ2v) is 5.62. The van der Waals surface area contributed by atoms with Crippen molar-refractivity contribution in [2.45, 2.75) is 11.8 Å². The Labute approximate surface area is 133 Å². The molecule has 0 radical (unpaired) electrons. The summed E-state index contributed by atoms with van der Waals surface area (Å²) in [6, 6.07) is 14.6. The summed E-state index contributed by atoms with van der Waals surface area (Å²) in [5.41, 5.74) is 8.95. The number of azo groups is 1. The quantitative estimate of drug-likeness (QED) is 0.348. The summed E-state index contributed by atoms with van der Waals surface area (Å²) in [4.78, 5) is 0.641. The number of benzene rings is 3. The number of phenols is 1. The number of aryl methyl sites for hydroxylation is 1. The van der Waals surface area contributed by atoms with E-state index in [0.717, 1.165) is 16.6 Å². The van der Waals surface area contributed by atoms with Gasteiger partial charge in [0.1, 0.15) is 11.4 Å². The van der Waals surface area contributed by atoms with Crippen LogP contribution in [0.5, 0.6) is 5.75 Å². The highest BCUT2D eigenvalue weighted by Gasteiger charge is 2.09. The van der Waals surface area contributed by atoms with Crippen molar-refractivity contribution in [1.29, 1.82) is 0 Å². The van der Waals surface area contributed by atoms with Gasteiger partial charge in [-0.3, -0.25) is 0 Å². The minimum absolute atomic E-state index is 0.147. The lowest BCUT2D eigenvalue weighted by Gasteiger charge is -2.07. The van der Waals surface area contributed by atoms with Crippen molar-refractivity contribution in [2.75, 3.05) is 5.73 Å². The van der Waals surface area contributed by atoms with Crippen molar-refractivity contribution in [3.05, 3.63) is 54.1 Å². The summed E-state index contributed by atoms with van der Waals surface area (Å²) < 4.78 is 0. The molecule has 0 atom stereocenters. The highest BCUT2D eigenvalue weighted by atomic mass is 32.1. The molecule has 3 aromatic carbocycles. The highest BCUT2D eigenvalue weighted by Crippen LogP contribution is 2.38. The van der Waals surface area contributed by atoms with Crippen LogP contribution in [0.4, 0.5) is 17.1 Å². The van der Waals surface area contributed by atoms with Crippen LogP contribution in [0.25, 0.3) is 10.8 Å². The van der Waals surface area contributed by atoms with Gasteiger partial charge in [-0.25, -0.2) is 0 Å². The highest BCUT2D eigenvalue weighted by molar-refractivity contribution is 7.80. The number of rotatable bonds is 2. The van der Waals surface area contributed by atoms with Crippen molar-refractivity contribution < 1.29 is 5.11 Å². The van der Waals surface area contributed by atoms with E-state index in [1.54, 1.807) is 18.2 Å². The van der Waals surface area contributed by atoms with Gasteiger partial charge >= 0.3 is 0 Å². The molecule has 0 spiro atoms. The molecule has 110 valence electrons. The van der Waals surface area contributed by atoms with Crippen LogP contribution in [0, 0.1) is 6.92 Å². The van der Waals surface area contributed by atoms with Crippen LogP contribution in [-0.2, 0) is 0 Å². The van der Waals surface area contributed by atoms with E-state index >= 15 is 0 Å². The summed E-state index contributed by atoms with van der Waals surface area (Å²) >= 11 is 4.29. The van der Waals surface area contributed by atoms with Crippen LogP contribution in [0.15, 0.2) is 63.7 Å². The lowest BCUT2D eigenvalue weighted by atomic mass is 10.1. The van der Waals surface area contributed by atoms with Crippen molar-refractivity contribution in [2.24, 2.45) is 10.2 Å². The molecule has 3 rings (SSSR count). The maximum atomic E-state index is 10.0. The van der Waals surface area contributed by atoms with Gasteiger partial charge in [-0.05, 0) is 43.3 Å². The molecule has 0 unspecified atom stereocenters. The molecule has 0 saturated heterocycles. The van der Waals surface area contributed by atoms with Gasteiger partial charge < -0.3 is 10.8 Å². The lowest BCUT2D eigenvalue weighted by Crippen LogP contribution is -1.87. The molecule has 0 heterocycles. The Hall–Kier alpha value is -2.53. The van der Waals surface area contributed by atoms with Crippen LogP contribution in [0.2, 0.25) is 0 Å². The number of aromatic hydroxyl groups is 1. The molecule has 3 aromatic rings. The molecule has 0 amide bonds. The normalized spacial score (nSPS) is 11.4. The first kappa shape index (κ1) is 14.4. The van der Waals surface area contributed by atoms with E-state index in [1.807, 2.05) is 37.3 Å². The van der Waals surface area contributed by atoms with E-state index in [1.165, 1.54) is 0 Å². The molecule has 3 N–H and O–H groups in total. The summed E-state index contributed by atoms with van der Waals surface area (Å²) in [5.74, 6) is 0.147. The molecule has 5 heteroatoms. The Bertz CT molecular complexity index is 873. The lowest BCUT2D eigenvalue weighted by molar-refractivity contribution is 0.480. The van der Waals surface area contributed by atoms with Crippen LogP contribution in [0.1, 0.15) is 5.56 Å². The smallest absolute Gasteiger partial charge is 0.124 e. The Kier molecular flexibility index (Phi) is 3.73. The van der Waals surface area contributed by atoms with Gasteiger partial charge in [0, 0.05) is 15.7 Å². The number of anilines is 1. The molecule has 0 aromatic heterocycles. The maximum absolute atomic E-state index is 10.0. The zero-order chi connectivity index (χ0) is 15.7. The second-order valence-electron chi connectivity index (χ2n) is 5.10. The molecular weight excluding hydrogens is 294 g/mol. The fourth-order valence-corrected chi connectivity index (χ4v) is 2.48. The van der Waals surface area contributed by atoms with Gasteiger partial charge in [0.2, 0.25) is 0 Å². The van der Waals surface area contributed by atoms with Gasteiger partial charge in [0.15, 0.2) is 0 Å². The maximum Gasteiger partial charge on any atom is 0.124 e. The zero-order valence-corrected chi connectivity index (χ0v) is 12.9. The molecule has 0 saturated carbocycles. The Morgan fingerprint density at radius 2 is 1.68 bits per heavy atom. The first-order valence-corrected chi connectivity index (χ1v) is 7.22. The number of hydrogen-bond acceptors (Lipinski definition) is 5. The van der Waals surface area contributed by atoms with Crippen LogP contribution in [-0.4, -0.2) is 5.11 Å². The van der Waals surface area contributed by atoms with Crippen molar-refractivity contribution in [3.63, 3.8) is 0 Å². The Balaban J connectivity index is 2.13. The van der Waals surface area contributed by atoms with E-state index < -0.39 is 0 Å². The Morgan fingerprint density at radius 1 is 0.955 bits per heavy atom. The Morgan fingerprint density at radius 3 is 2.41 bits per heavy atom. The predicted molar refractivity (Wildman–Crippen MR) is 92.6 cm³/mol. The average Bonchev–Trinajstić information content (AvgIpc) is 2.47. The van der Waals surface area contributed by atoms with Crippen molar-refractivity contribution in [3.8, 4) is 5.75 Å². The third-order valence-corrected chi connectivity index (χ3v) is 3.66. The van der Waals surface area contributed by atoms with Gasteiger partial charge in [-0.1, -0.05) is 17.7 Å². The van der Waals surface area contributed by atoms with Crippen LogP contribution >= 0.6 is 12.6 Å². The molecule has 0 fully saturated rings. The van der Waals surface area contributed by atoms with Gasteiger partial charge in [-0.2, -0.15) is 5.11 Å². The molecule has 0 aliphatic carbocycles. The fraction of sp³-hybridized carbons (Fsp3) is 0.0588. The summed E-state index contributed by atoms with van der Waals surface area (Å²) in [7, 11) is 0. The fourth-order valence-electron chi connectivity index (χ4n) is 2.23. The molecule has 4 nitrogen and oxygen atoms in total. The minimum atomic E-state index is 0.147. The molecule has 0 bridgehead atoms. The second kappa shape index (κ2) is 5.69. The van der Waals surface area contributed by atoms with Gasteiger partial charge in [0.25, 0.3) is 0 Å². The number of nitrogen functional groups attached to an aromatic ring is 1. The molecule has 0 aliphatic heterocycles. The van der Waals surface area contributed by atoms with Crippen LogP contribution < -0.4 is 5.73 Å². The van der Waals surface area contributed by atoms with Gasteiger partial charge in [-0.15, -0.1) is 17.7 Å². The number of hydrogen-bond donors (Lipinski definition) is 3. The van der Waals surface area contributed by atoms with Crippen LogP contribution in [0.3, 0.4) is 0 Å². The predicted octanol–water partition coefficient (Wildman–Crippen LogP) is 5.14. The number of fused-ring (bicyclic) bond motifs is 1. The number of phenolic OH excluding ortho intramolecular Hbond substituents is 1. The summed E-state index contributed by atoms with van der Waals surface area (Å²) in [6.07, 6.45) is 0. The van der Waals surface area contributed by atoms with Crippen molar-refractivity contribution in [1.82, 2.24) is 0 Å². The third kappa shape index (κ3) is 2.76. The average molecular weight is 309 g/mol. The number of nitrogens with two attached hydrogens (primary N) is 1. The largest absolute Gasteiger partial charge is 0.507 e. The van der Waals surface area contributed by atoms with E-state index in [9.17, 15) is 5.11 Å². The summed E-state index contributed by atoms with van der Waals surface area (Å²) in [5, 5.41) is 19.9. The molecule has 22 heavy (non-hydrogen) atoms. The number of thiol groups is 1. The monoisotopic (exact) mass is 309 g/mol. The summed E-state index contributed by atoms with van der Waals surface area (Å²) in [6.45, 7) is 2.01.